The zero-order valence-electron chi connectivity index (χ0n) is 10.4. The summed E-state index contributed by atoms with van der Waals surface area (Å²) in [5.41, 5.74) is 0.310. The normalized spacial score (nSPS) is 12.6. The number of hydrogen-bond acceptors (Lipinski definition) is 2. The van der Waals surface area contributed by atoms with Crippen LogP contribution >= 0.6 is 11.6 Å². The van der Waals surface area contributed by atoms with E-state index in [9.17, 15) is 9.18 Å². The maximum absolute atomic E-state index is 13.0. The van der Waals surface area contributed by atoms with Crippen LogP contribution in [-0.2, 0) is 0 Å². The molecule has 0 aliphatic carbocycles. The van der Waals surface area contributed by atoms with E-state index in [0.29, 0.717) is 12.0 Å². The van der Waals surface area contributed by atoms with E-state index < -0.39 is 5.82 Å². The molecule has 0 saturated heterocycles. The van der Waals surface area contributed by atoms with E-state index in [0.717, 1.165) is 6.07 Å². The summed E-state index contributed by atoms with van der Waals surface area (Å²) >= 11 is 5.62. The van der Waals surface area contributed by atoms with Gasteiger partial charge in [0.15, 0.2) is 0 Å². The van der Waals surface area contributed by atoms with Crippen LogP contribution in [0.5, 0.6) is 0 Å². The van der Waals surface area contributed by atoms with Gasteiger partial charge >= 0.3 is 0 Å². The Morgan fingerprint density at radius 2 is 2.17 bits per heavy atom. The van der Waals surface area contributed by atoms with Crippen molar-refractivity contribution in [3.05, 3.63) is 34.6 Å². The lowest BCUT2D eigenvalue weighted by molar-refractivity contribution is 0.0916. The van der Waals surface area contributed by atoms with E-state index in [1.165, 1.54) is 12.1 Å². The molecule has 0 aromatic heterocycles. The molecule has 1 rings (SSSR count). The van der Waals surface area contributed by atoms with Gasteiger partial charge in [-0.25, -0.2) is 4.39 Å². The first-order valence-corrected chi connectivity index (χ1v) is 6.20. The lowest BCUT2D eigenvalue weighted by Crippen LogP contribution is -2.39. The number of halogens is 2. The number of benzene rings is 1. The monoisotopic (exact) mass is 273 g/mol. The average Bonchev–Trinajstić information content (AvgIpc) is 2.31. The molecule has 1 unspecified atom stereocenters. The SMILES string of the molecule is CC(C)C(CCO)NC(=O)c1ccc(F)c(Cl)c1. The molecule has 0 spiro atoms. The van der Waals surface area contributed by atoms with Crippen molar-refractivity contribution in [3.63, 3.8) is 0 Å². The first-order valence-electron chi connectivity index (χ1n) is 5.82. The molecular weight excluding hydrogens is 257 g/mol. The van der Waals surface area contributed by atoms with Crippen LogP contribution < -0.4 is 5.32 Å². The van der Waals surface area contributed by atoms with E-state index in [-0.39, 0.29) is 29.5 Å². The molecule has 1 amide bonds. The maximum atomic E-state index is 13.0. The molecule has 0 heterocycles. The van der Waals surface area contributed by atoms with Crippen LogP contribution in [-0.4, -0.2) is 23.7 Å². The van der Waals surface area contributed by atoms with Crippen molar-refractivity contribution in [2.24, 2.45) is 5.92 Å². The van der Waals surface area contributed by atoms with Crippen molar-refractivity contribution in [3.8, 4) is 0 Å². The third kappa shape index (κ3) is 3.96. The Balaban J connectivity index is 2.77. The Hall–Kier alpha value is -1.13. The molecular formula is C13H17ClFNO2. The molecule has 0 aliphatic heterocycles. The highest BCUT2D eigenvalue weighted by Gasteiger charge is 2.17. The third-order valence-corrected chi connectivity index (χ3v) is 3.03. The highest BCUT2D eigenvalue weighted by Crippen LogP contribution is 2.16. The maximum Gasteiger partial charge on any atom is 0.251 e. The summed E-state index contributed by atoms with van der Waals surface area (Å²) < 4.78 is 13.0. The lowest BCUT2D eigenvalue weighted by Gasteiger charge is -2.21. The molecule has 1 aromatic rings. The summed E-state index contributed by atoms with van der Waals surface area (Å²) in [7, 11) is 0. The van der Waals surface area contributed by atoms with Crippen molar-refractivity contribution in [1.82, 2.24) is 5.32 Å². The van der Waals surface area contributed by atoms with Gasteiger partial charge in [0.25, 0.3) is 5.91 Å². The van der Waals surface area contributed by atoms with E-state index in [2.05, 4.69) is 5.32 Å². The molecule has 5 heteroatoms. The van der Waals surface area contributed by atoms with Gasteiger partial charge in [-0.2, -0.15) is 0 Å². The molecule has 0 aliphatic rings. The highest BCUT2D eigenvalue weighted by molar-refractivity contribution is 6.31. The summed E-state index contributed by atoms with van der Waals surface area (Å²) in [6.07, 6.45) is 0.484. The van der Waals surface area contributed by atoms with Crippen LogP contribution in [0.2, 0.25) is 5.02 Å². The Kier molecular flexibility index (Phi) is 5.56. The Morgan fingerprint density at radius 3 is 2.67 bits per heavy atom. The summed E-state index contributed by atoms with van der Waals surface area (Å²) in [4.78, 5) is 11.9. The predicted octanol–water partition coefficient (Wildman–Crippen LogP) is 2.62. The van der Waals surface area contributed by atoms with Crippen LogP contribution in [0.4, 0.5) is 4.39 Å². The fourth-order valence-corrected chi connectivity index (χ4v) is 1.78. The van der Waals surface area contributed by atoms with Crippen molar-refractivity contribution >= 4 is 17.5 Å². The number of rotatable bonds is 5. The van der Waals surface area contributed by atoms with Gasteiger partial charge in [0.1, 0.15) is 5.82 Å². The molecule has 3 nitrogen and oxygen atoms in total. The van der Waals surface area contributed by atoms with Gasteiger partial charge < -0.3 is 10.4 Å². The molecule has 1 aromatic carbocycles. The molecule has 0 fully saturated rings. The van der Waals surface area contributed by atoms with Crippen LogP contribution in [0.25, 0.3) is 0 Å². The summed E-state index contributed by atoms with van der Waals surface area (Å²) in [5.74, 6) is -0.662. The molecule has 2 N–H and O–H groups in total. The minimum atomic E-state index is -0.552. The van der Waals surface area contributed by atoms with Crippen LogP contribution in [0.15, 0.2) is 18.2 Å². The first-order chi connectivity index (χ1) is 8.45. The number of amides is 1. The standard InChI is InChI=1S/C13H17ClFNO2/c1-8(2)12(5-6-17)16-13(18)9-3-4-11(15)10(14)7-9/h3-4,7-8,12,17H,5-6H2,1-2H3,(H,16,18). The average molecular weight is 274 g/mol. The summed E-state index contributed by atoms with van der Waals surface area (Å²) in [5, 5.41) is 11.6. The number of carbonyl (C=O) groups excluding carboxylic acids is 1. The second-order valence-electron chi connectivity index (χ2n) is 4.47. The van der Waals surface area contributed by atoms with Crippen molar-refractivity contribution in [2.45, 2.75) is 26.3 Å². The minimum Gasteiger partial charge on any atom is -0.396 e. The number of carbonyl (C=O) groups is 1. The molecule has 0 bridgehead atoms. The van der Waals surface area contributed by atoms with Crippen molar-refractivity contribution in [2.75, 3.05) is 6.61 Å². The second-order valence-corrected chi connectivity index (χ2v) is 4.87. The molecule has 0 saturated carbocycles. The van der Waals surface area contributed by atoms with Crippen molar-refractivity contribution in [1.29, 1.82) is 0 Å². The summed E-state index contributed by atoms with van der Waals surface area (Å²) in [6.45, 7) is 3.92. The van der Waals surface area contributed by atoms with E-state index in [1.54, 1.807) is 0 Å². The van der Waals surface area contributed by atoms with E-state index in [4.69, 9.17) is 16.7 Å². The number of hydrogen-bond donors (Lipinski definition) is 2. The zero-order valence-corrected chi connectivity index (χ0v) is 11.2. The molecule has 0 radical (unpaired) electrons. The third-order valence-electron chi connectivity index (χ3n) is 2.74. The minimum absolute atomic E-state index is 0.00724. The largest absolute Gasteiger partial charge is 0.396 e. The van der Waals surface area contributed by atoms with Gasteiger partial charge in [0, 0.05) is 18.2 Å². The predicted molar refractivity (Wildman–Crippen MR) is 69.2 cm³/mol. The van der Waals surface area contributed by atoms with Crippen LogP contribution in [0, 0.1) is 11.7 Å². The summed E-state index contributed by atoms with van der Waals surface area (Å²) in [6, 6.07) is 3.72. The van der Waals surface area contributed by atoms with Gasteiger partial charge in [0.2, 0.25) is 0 Å². The number of aliphatic hydroxyl groups is 1. The van der Waals surface area contributed by atoms with E-state index >= 15 is 0 Å². The fraction of sp³-hybridized carbons (Fsp3) is 0.462. The van der Waals surface area contributed by atoms with Gasteiger partial charge in [-0.05, 0) is 30.5 Å². The Bertz CT molecular complexity index is 423. The topological polar surface area (TPSA) is 49.3 Å². The number of nitrogens with one attached hydrogen (secondary N) is 1. The van der Waals surface area contributed by atoms with Gasteiger partial charge in [-0.1, -0.05) is 25.4 Å². The number of aliphatic hydroxyl groups excluding tert-OH is 1. The molecule has 1 atom stereocenters. The Morgan fingerprint density at radius 1 is 1.50 bits per heavy atom. The van der Waals surface area contributed by atoms with Crippen LogP contribution in [0.3, 0.4) is 0 Å². The quantitative estimate of drug-likeness (QED) is 0.866. The first kappa shape index (κ1) is 14.9. The van der Waals surface area contributed by atoms with Gasteiger partial charge in [-0.3, -0.25) is 4.79 Å². The molecule has 100 valence electrons. The highest BCUT2D eigenvalue weighted by atomic mass is 35.5. The Labute approximate surface area is 111 Å². The molecule has 18 heavy (non-hydrogen) atoms. The smallest absolute Gasteiger partial charge is 0.251 e. The van der Waals surface area contributed by atoms with Gasteiger partial charge in [0.05, 0.1) is 5.02 Å². The lowest BCUT2D eigenvalue weighted by atomic mass is 10.0. The van der Waals surface area contributed by atoms with E-state index in [1.807, 2.05) is 13.8 Å². The second kappa shape index (κ2) is 6.71. The fourth-order valence-electron chi connectivity index (χ4n) is 1.60. The van der Waals surface area contributed by atoms with Crippen molar-refractivity contribution < 1.29 is 14.3 Å². The zero-order chi connectivity index (χ0) is 13.7. The van der Waals surface area contributed by atoms with Crippen LogP contribution in [0.1, 0.15) is 30.6 Å². The van der Waals surface area contributed by atoms with Gasteiger partial charge in [-0.15, -0.1) is 0 Å².